The zero-order chi connectivity index (χ0) is 14.7. The molecule has 1 atom stereocenters. The normalized spacial score (nSPS) is 18.4. The van der Waals surface area contributed by atoms with Crippen molar-refractivity contribution >= 4 is 22.9 Å². The van der Waals surface area contributed by atoms with E-state index >= 15 is 0 Å². The number of anilines is 1. The number of carbonyl (C=O) groups excluding carboxylic acids is 1. The number of hydrogen-bond acceptors (Lipinski definition) is 4. The van der Waals surface area contributed by atoms with Gasteiger partial charge >= 0.3 is 0 Å². The third kappa shape index (κ3) is 3.49. The molecule has 1 saturated heterocycles. The molecule has 21 heavy (non-hydrogen) atoms. The molecule has 1 unspecified atom stereocenters. The zero-order valence-corrected chi connectivity index (χ0v) is 12.9. The smallest absolute Gasteiger partial charge is 0.241 e. The van der Waals surface area contributed by atoms with Crippen molar-refractivity contribution in [2.45, 2.75) is 32.2 Å². The predicted molar refractivity (Wildman–Crippen MR) is 86.6 cm³/mol. The maximum Gasteiger partial charge on any atom is 0.241 e. The summed E-state index contributed by atoms with van der Waals surface area (Å²) < 4.78 is 0. The summed E-state index contributed by atoms with van der Waals surface area (Å²) in [6.45, 7) is 2.92. The van der Waals surface area contributed by atoms with Crippen LogP contribution in [0.1, 0.15) is 25.0 Å². The summed E-state index contributed by atoms with van der Waals surface area (Å²) in [5.41, 5.74) is 2.96. The number of rotatable bonds is 3. The van der Waals surface area contributed by atoms with E-state index in [0.717, 1.165) is 47.8 Å². The Labute approximate surface area is 128 Å². The molecule has 110 valence electrons. The van der Waals surface area contributed by atoms with Gasteiger partial charge in [-0.05, 0) is 50.6 Å². The molecule has 1 aromatic carbocycles. The van der Waals surface area contributed by atoms with Crippen LogP contribution in [-0.4, -0.2) is 23.5 Å². The molecule has 0 radical (unpaired) electrons. The second-order valence-corrected chi connectivity index (χ2v) is 6.22. The predicted octanol–water partition coefficient (Wildman–Crippen LogP) is 3.20. The Morgan fingerprint density at radius 1 is 1.33 bits per heavy atom. The van der Waals surface area contributed by atoms with Crippen molar-refractivity contribution in [2.75, 3.05) is 11.9 Å². The number of amides is 1. The van der Waals surface area contributed by atoms with Gasteiger partial charge in [-0.25, -0.2) is 4.98 Å². The van der Waals surface area contributed by atoms with Crippen molar-refractivity contribution in [3.05, 3.63) is 35.3 Å². The lowest BCUT2D eigenvalue weighted by Gasteiger charge is -2.22. The van der Waals surface area contributed by atoms with Crippen LogP contribution in [-0.2, 0) is 4.79 Å². The molecule has 0 bridgehead atoms. The van der Waals surface area contributed by atoms with Crippen molar-refractivity contribution in [1.82, 2.24) is 10.3 Å². The summed E-state index contributed by atoms with van der Waals surface area (Å²) in [5, 5.41) is 9.29. The first-order valence-electron chi connectivity index (χ1n) is 7.29. The molecule has 1 aromatic heterocycles. The molecule has 2 heterocycles. The van der Waals surface area contributed by atoms with Gasteiger partial charge in [0.25, 0.3) is 0 Å². The number of aryl methyl sites for hydroxylation is 1. The average Bonchev–Trinajstić information content (AvgIpc) is 2.95. The van der Waals surface area contributed by atoms with Crippen molar-refractivity contribution < 1.29 is 4.79 Å². The molecular weight excluding hydrogens is 282 g/mol. The molecule has 3 rings (SSSR count). The Morgan fingerprint density at radius 2 is 2.14 bits per heavy atom. The van der Waals surface area contributed by atoms with Crippen LogP contribution >= 0.6 is 11.3 Å². The van der Waals surface area contributed by atoms with E-state index in [2.05, 4.69) is 15.6 Å². The fourth-order valence-electron chi connectivity index (χ4n) is 2.49. The van der Waals surface area contributed by atoms with E-state index in [1.165, 1.54) is 0 Å². The second kappa shape index (κ2) is 6.37. The number of nitrogens with zero attached hydrogens (tertiary/aromatic N) is 1. The summed E-state index contributed by atoms with van der Waals surface area (Å²) in [6.07, 6.45) is 3.20. The Bertz CT molecular complexity index is 615. The largest absolute Gasteiger partial charge is 0.325 e. The first-order valence-corrected chi connectivity index (χ1v) is 8.17. The summed E-state index contributed by atoms with van der Waals surface area (Å²) in [5.74, 6) is 0.0625. The third-order valence-electron chi connectivity index (χ3n) is 3.65. The minimum absolute atomic E-state index is 0.0555. The van der Waals surface area contributed by atoms with Gasteiger partial charge in [-0.15, -0.1) is 11.3 Å². The fraction of sp³-hybridized carbons (Fsp3) is 0.375. The molecule has 0 saturated carbocycles. The minimum atomic E-state index is -0.0555. The number of aromatic nitrogens is 1. The standard InChI is InChI=1S/C16H19N3OS/c1-11-10-21-16(18-11)12-5-7-13(8-6-12)19-15(20)14-4-2-3-9-17-14/h5-8,10,14,17H,2-4,9H2,1H3,(H,19,20). The molecule has 1 aliphatic heterocycles. The van der Waals surface area contributed by atoms with E-state index in [4.69, 9.17) is 0 Å². The van der Waals surface area contributed by atoms with Gasteiger partial charge in [-0.1, -0.05) is 6.42 Å². The highest BCUT2D eigenvalue weighted by Gasteiger charge is 2.20. The molecule has 1 aliphatic rings. The highest BCUT2D eigenvalue weighted by Crippen LogP contribution is 2.25. The van der Waals surface area contributed by atoms with E-state index in [1.807, 2.05) is 36.6 Å². The lowest BCUT2D eigenvalue weighted by molar-refractivity contribution is -0.118. The Hall–Kier alpha value is -1.72. The third-order valence-corrected chi connectivity index (χ3v) is 4.65. The quantitative estimate of drug-likeness (QED) is 0.915. The van der Waals surface area contributed by atoms with Crippen LogP contribution in [0.3, 0.4) is 0 Å². The van der Waals surface area contributed by atoms with Crippen molar-refractivity contribution in [3.63, 3.8) is 0 Å². The summed E-state index contributed by atoms with van der Waals surface area (Å²) in [7, 11) is 0. The Kier molecular flexibility index (Phi) is 4.31. The second-order valence-electron chi connectivity index (χ2n) is 5.36. The minimum Gasteiger partial charge on any atom is -0.325 e. The fourth-order valence-corrected chi connectivity index (χ4v) is 3.29. The van der Waals surface area contributed by atoms with Crippen molar-refractivity contribution in [2.24, 2.45) is 0 Å². The van der Waals surface area contributed by atoms with Crippen molar-refractivity contribution in [1.29, 1.82) is 0 Å². The zero-order valence-electron chi connectivity index (χ0n) is 12.1. The maximum absolute atomic E-state index is 12.1. The molecule has 0 spiro atoms. The number of benzene rings is 1. The van der Waals surface area contributed by atoms with E-state index in [9.17, 15) is 4.79 Å². The summed E-state index contributed by atoms with van der Waals surface area (Å²) in [4.78, 5) is 16.6. The summed E-state index contributed by atoms with van der Waals surface area (Å²) >= 11 is 1.64. The van der Waals surface area contributed by atoms with Gasteiger partial charge in [0.15, 0.2) is 0 Å². The van der Waals surface area contributed by atoms with Crippen LogP contribution in [0.25, 0.3) is 10.6 Å². The van der Waals surface area contributed by atoms with Gasteiger partial charge in [-0.2, -0.15) is 0 Å². The number of nitrogens with one attached hydrogen (secondary N) is 2. The monoisotopic (exact) mass is 301 g/mol. The first-order chi connectivity index (χ1) is 10.2. The Morgan fingerprint density at radius 3 is 2.76 bits per heavy atom. The maximum atomic E-state index is 12.1. The van der Waals surface area contributed by atoms with Crippen LogP contribution in [0.2, 0.25) is 0 Å². The SMILES string of the molecule is Cc1csc(-c2ccc(NC(=O)C3CCCCN3)cc2)n1. The molecule has 2 N–H and O–H groups in total. The van der Waals surface area contributed by atoms with Crippen LogP contribution < -0.4 is 10.6 Å². The number of piperidine rings is 1. The topological polar surface area (TPSA) is 54.0 Å². The lowest BCUT2D eigenvalue weighted by Crippen LogP contribution is -2.43. The number of thiazole rings is 1. The lowest BCUT2D eigenvalue weighted by atomic mass is 10.0. The van der Waals surface area contributed by atoms with Gasteiger partial charge in [0.1, 0.15) is 5.01 Å². The average molecular weight is 301 g/mol. The van der Waals surface area contributed by atoms with Crippen molar-refractivity contribution in [3.8, 4) is 10.6 Å². The summed E-state index contributed by atoms with van der Waals surface area (Å²) in [6, 6.07) is 7.82. The van der Waals surface area contributed by atoms with Gasteiger partial charge in [-0.3, -0.25) is 4.79 Å². The highest BCUT2D eigenvalue weighted by molar-refractivity contribution is 7.13. The molecule has 5 heteroatoms. The molecular formula is C16H19N3OS. The van der Waals surface area contributed by atoms with Crippen LogP contribution in [0.4, 0.5) is 5.69 Å². The number of carbonyl (C=O) groups is 1. The Balaban J connectivity index is 1.65. The molecule has 1 fully saturated rings. The van der Waals surface area contributed by atoms with Crippen LogP contribution in [0.15, 0.2) is 29.6 Å². The van der Waals surface area contributed by atoms with Crippen LogP contribution in [0, 0.1) is 6.92 Å². The van der Waals surface area contributed by atoms with Gasteiger partial charge < -0.3 is 10.6 Å². The van der Waals surface area contributed by atoms with Crippen LogP contribution in [0.5, 0.6) is 0 Å². The first kappa shape index (κ1) is 14.2. The number of hydrogen-bond donors (Lipinski definition) is 2. The molecule has 2 aromatic rings. The molecule has 1 amide bonds. The van der Waals surface area contributed by atoms with Gasteiger partial charge in [0, 0.05) is 22.3 Å². The van der Waals surface area contributed by atoms with Gasteiger partial charge in [0.2, 0.25) is 5.91 Å². The molecule has 4 nitrogen and oxygen atoms in total. The van der Waals surface area contributed by atoms with E-state index < -0.39 is 0 Å². The highest BCUT2D eigenvalue weighted by atomic mass is 32.1. The van der Waals surface area contributed by atoms with E-state index in [0.29, 0.717) is 0 Å². The van der Waals surface area contributed by atoms with E-state index in [-0.39, 0.29) is 11.9 Å². The molecule has 0 aliphatic carbocycles. The van der Waals surface area contributed by atoms with Gasteiger partial charge in [0.05, 0.1) is 6.04 Å². The van der Waals surface area contributed by atoms with E-state index in [1.54, 1.807) is 11.3 Å².